The number of fused-ring (bicyclic) bond motifs is 1. The van der Waals surface area contributed by atoms with Gasteiger partial charge in [-0.1, -0.05) is 0 Å². The van der Waals surface area contributed by atoms with Crippen LogP contribution >= 0.6 is 0 Å². The van der Waals surface area contributed by atoms with Gasteiger partial charge in [0.25, 0.3) is 11.1 Å². The molecule has 124 valence electrons. The number of aromatic nitrogens is 4. The average molecular weight is 321 g/mol. The summed E-state index contributed by atoms with van der Waals surface area (Å²) < 4.78 is 1.11. The van der Waals surface area contributed by atoms with Crippen LogP contribution in [-0.4, -0.2) is 43.4 Å². The van der Waals surface area contributed by atoms with Gasteiger partial charge in [-0.25, -0.2) is 9.78 Å². The molecule has 0 aliphatic heterocycles. The summed E-state index contributed by atoms with van der Waals surface area (Å²) in [5, 5.41) is 0. The van der Waals surface area contributed by atoms with Crippen LogP contribution in [0.25, 0.3) is 11.2 Å². The molecule has 1 amide bonds. The molecule has 2 N–H and O–H groups in total. The molecule has 2 aromatic rings. The van der Waals surface area contributed by atoms with E-state index in [9.17, 15) is 19.2 Å². The van der Waals surface area contributed by atoms with E-state index >= 15 is 0 Å². The topological polar surface area (TPSA) is 121 Å². The molecule has 0 radical (unpaired) electrons. The summed E-state index contributed by atoms with van der Waals surface area (Å²) in [6.45, 7) is 4.95. The normalized spacial score (nSPS) is 10.9. The van der Waals surface area contributed by atoms with Gasteiger partial charge in [0.1, 0.15) is 11.3 Å². The van der Waals surface area contributed by atoms with E-state index in [2.05, 4.69) is 15.0 Å². The molecule has 0 fully saturated rings. The fourth-order valence-corrected chi connectivity index (χ4v) is 2.35. The maximum absolute atomic E-state index is 12.1. The maximum atomic E-state index is 12.1. The summed E-state index contributed by atoms with van der Waals surface area (Å²) in [5.41, 5.74) is -1.69. The molecule has 0 aliphatic rings. The van der Waals surface area contributed by atoms with Gasteiger partial charge in [-0.05, 0) is 13.8 Å². The van der Waals surface area contributed by atoms with E-state index in [1.807, 2.05) is 13.8 Å². The number of nitrogens with one attached hydrogen (secondary N) is 2. The van der Waals surface area contributed by atoms with Gasteiger partial charge in [-0.15, -0.1) is 0 Å². The molecule has 2 aromatic heterocycles. The second kappa shape index (κ2) is 6.59. The van der Waals surface area contributed by atoms with Crippen LogP contribution in [0.5, 0.6) is 0 Å². The Morgan fingerprint density at radius 1 is 1.13 bits per heavy atom. The van der Waals surface area contributed by atoms with Crippen molar-refractivity contribution >= 4 is 17.1 Å². The number of carbonyl (C=O) groups excluding carboxylic acids is 1. The predicted molar refractivity (Wildman–Crippen MR) is 84.5 cm³/mol. The van der Waals surface area contributed by atoms with Crippen molar-refractivity contribution in [1.82, 2.24) is 24.4 Å². The molecule has 0 unspecified atom stereocenters. The Morgan fingerprint density at radius 2 is 1.78 bits per heavy atom. The van der Waals surface area contributed by atoms with E-state index in [-0.39, 0.29) is 35.6 Å². The number of carbonyl (C=O) groups is 1. The summed E-state index contributed by atoms with van der Waals surface area (Å²) in [6.07, 6.45) is 0.260. The summed E-state index contributed by atoms with van der Waals surface area (Å²) in [5.74, 6) is -0.0781. The number of amides is 1. The lowest BCUT2D eigenvalue weighted by Gasteiger charge is -2.18. The number of H-pyrrole nitrogens is 2. The van der Waals surface area contributed by atoms with Gasteiger partial charge in [0.15, 0.2) is 5.52 Å². The van der Waals surface area contributed by atoms with Gasteiger partial charge in [0, 0.05) is 33.0 Å². The van der Waals surface area contributed by atoms with Crippen molar-refractivity contribution in [3.05, 3.63) is 36.9 Å². The van der Waals surface area contributed by atoms with E-state index < -0.39 is 16.8 Å². The quantitative estimate of drug-likeness (QED) is 0.740. The lowest BCUT2D eigenvalue weighted by Crippen LogP contribution is -2.33. The average Bonchev–Trinajstić information content (AvgIpc) is 2.52. The molecule has 0 aliphatic carbocycles. The first-order valence-electron chi connectivity index (χ1n) is 7.39. The molecule has 0 atom stereocenters. The van der Waals surface area contributed by atoms with Crippen molar-refractivity contribution in [2.45, 2.75) is 26.7 Å². The Labute approximate surface area is 131 Å². The van der Waals surface area contributed by atoms with Crippen LogP contribution in [0.2, 0.25) is 0 Å². The summed E-state index contributed by atoms with van der Waals surface area (Å²) >= 11 is 0. The Kier molecular flexibility index (Phi) is 4.77. The Balaban J connectivity index is 2.38. The third kappa shape index (κ3) is 3.22. The van der Waals surface area contributed by atoms with Gasteiger partial charge in [-0.2, -0.15) is 0 Å². The highest BCUT2D eigenvalue weighted by Crippen LogP contribution is 2.02. The lowest BCUT2D eigenvalue weighted by molar-refractivity contribution is -0.130. The highest BCUT2D eigenvalue weighted by molar-refractivity contribution is 5.76. The summed E-state index contributed by atoms with van der Waals surface area (Å²) in [6, 6.07) is 0. The number of nitrogens with zero attached hydrogens (tertiary/aromatic N) is 3. The van der Waals surface area contributed by atoms with Crippen molar-refractivity contribution < 1.29 is 4.79 Å². The minimum Gasteiger partial charge on any atom is -0.343 e. The number of aromatic amines is 2. The number of hydrogen-bond donors (Lipinski definition) is 2. The van der Waals surface area contributed by atoms with Crippen molar-refractivity contribution in [2.24, 2.45) is 7.05 Å². The first-order chi connectivity index (χ1) is 10.9. The first-order valence-corrected chi connectivity index (χ1v) is 7.39. The SMILES string of the molecule is CCN(CC)C(=O)CCc1nc2c(=O)[nH]c(=O)n(C)c2[nH]c1=O. The van der Waals surface area contributed by atoms with Crippen LogP contribution in [-0.2, 0) is 18.3 Å². The van der Waals surface area contributed by atoms with Crippen LogP contribution in [0, 0.1) is 0 Å². The molecule has 2 rings (SSSR count). The third-order valence-electron chi connectivity index (χ3n) is 3.73. The zero-order valence-electron chi connectivity index (χ0n) is 13.3. The van der Waals surface area contributed by atoms with Gasteiger partial charge in [-0.3, -0.25) is 23.9 Å². The van der Waals surface area contributed by atoms with Crippen LogP contribution < -0.4 is 16.8 Å². The standard InChI is InChI=1S/C14H19N5O4/c1-4-19(5-2)9(20)7-6-8-12(21)16-11-10(15-8)13(22)17-14(23)18(11)3/h4-7H2,1-3H3,(H,16,21)(H,17,22,23). The highest BCUT2D eigenvalue weighted by Gasteiger charge is 2.14. The smallest absolute Gasteiger partial charge is 0.329 e. The molecule has 2 heterocycles. The molecule has 9 heteroatoms. The second-order valence-electron chi connectivity index (χ2n) is 5.09. The summed E-state index contributed by atoms with van der Waals surface area (Å²) in [4.78, 5) is 57.7. The van der Waals surface area contributed by atoms with Gasteiger partial charge in [0.2, 0.25) is 5.91 Å². The van der Waals surface area contributed by atoms with E-state index in [0.717, 1.165) is 4.57 Å². The van der Waals surface area contributed by atoms with E-state index in [1.165, 1.54) is 7.05 Å². The van der Waals surface area contributed by atoms with E-state index in [4.69, 9.17) is 0 Å². The Hall–Kier alpha value is -2.71. The summed E-state index contributed by atoms with van der Waals surface area (Å²) in [7, 11) is 1.42. The molecule has 9 nitrogen and oxygen atoms in total. The van der Waals surface area contributed by atoms with Gasteiger partial charge in [0.05, 0.1) is 0 Å². The molecule has 0 spiro atoms. The van der Waals surface area contributed by atoms with Crippen molar-refractivity contribution in [3.8, 4) is 0 Å². The molecular formula is C14H19N5O4. The fraction of sp³-hybridized carbons (Fsp3) is 0.500. The van der Waals surface area contributed by atoms with Crippen LogP contribution in [0.15, 0.2) is 14.4 Å². The number of aryl methyl sites for hydroxylation is 2. The van der Waals surface area contributed by atoms with Gasteiger partial charge >= 0.3 is 5.69 Å². The van der Waals surface area contributed by atoms with Crippen LogP contribution in [0.1, 0.15) is 26.0 Å². The Bertz CT molecular complexity index is 904. The molecule has 0 saturated heterocycles. The maximum Gasteiger partial charge on any atom is 0.329 e. The van der Waals surface area contributed by atoms with Crippen LogP contribution in [0.3, 0.4) is 0 Å². The lowest BCUT2D eigenvalue weighted by atomic mass is 10.2. The molecule has 0 aromatic carbocycles. The fourth-order valence-electron chi connectivity index (χ4n) is 2.35. The largest absolute Gasteiger partial charge is 0.343 e. The Morgan fingerprint density at radius 3 is 2.39 bits per heavy atom. The second-order valence-corrected chi connectivity index (χ2v) is 5.09. The third-order valence-corrected chi connectivity index (χ3v) is 3.73. The minimum absolute atomic E-state index is 0.0306. The number of rotatable bonds is 5. The van der Waals surface area contributed by atoms with Crippen molar-refractivity contribution in [3.63, 3.8) is 0 Å². The monoisotopic (exact) mass is 321 g/mol. The molecule has 0 bridgehead atoms. The van der Waals surface area contributed by atoms with E-state index in [0.29, 0.717) is 13.1 Å². The molecule has 23 heavy (non-hydrogen) atoms. The van der Waals surface area contributed by atoms with E-state index in [1.54, 1.807) is 4.90 Å². The minimum atomic E-state index is -0.671. The van der Waals surface area contributed by atoms with Gasteiger partial charge < -0.3 is 9.88 Å². The number of hydrogen-bond acceptors (Lipinski definition) is 5. The highest BCUT2D eigenvalue weighted by atomic mass is 16.2. The zero-order chi connectivity index (χ0) is 17.1. The zero-order valence-corrected chi connectivity index (χ0v) is 13.3. The molecule has 0 saturated carbocycles. The predicted octanol–water partition coefficient (Wildman–Crippen LogP) is -0.889. The van der Waals surface area contributed by atoms with Crippen molar-refractivity contribution in [2.75, 3.05) is 13.1 Å². The first kappa shape index (κ1) is 16.7. The molecular weight excluding hydrogens is 302 g/mol. The van der Waals surface area contributed by atoms with Crippen LogP contribution in [0.4, 0.5) is 0 Å². The van der Waals surface area contributed by atoms with Crippen molar-refractivity contribution in [1.29, 1.82) is 0 Å².